The van der Waals surface area contributed by atoms with Gasteiger partial charge in [0.15, 0.2) is 0 Å². The van der Waals surface area contributed by atoms with Gasteiger partial charge in [-0.1, -0.05) is 13.8 Å². The van der Waals surface area contributed by atoms with Crippen LogP contribution in [0.3, 0.4) is 0 Å². The first-order valence-corrected chi connectivity index (χ1v) is 9.88. The van der Waals surface area contributed by atoms with E-state index in [1.54, 1.807) is 0 Å². The van der Waals surface area contributed by atoms with Crippen LogP contribution >= 0.6 is 0 Å². The molecule has 0 N–H and O–H groups in total. The van der Waals surface area contributed by atoms with E-state index < -0.39 is 0 Å². The van der Waals surface area contributed by atoms with E-state index in [4.69, 9.17) is 0 Å². The van der Waals surface area contributed by atoms with Crippen LogP contribution in [0.1, 0.15) is 54.2 Å². The normalized spacial score (nSPS) is 7.42. The van der Waals surface area contributed by atoms with Crippen LogP contribution in [0.5, 0.6) is 0 Å². The number of hydrogen-bond acceptors (Lipinski definition) is 0. The molecule has 0 amide bonds. The van der Waals surface area contributed by atoms with Gasteiger partial charge in [-0.15, -0.1) is 19.1 Å². The molecule has 174 valence electrons. The van der Waals surface area contributed by atoms with E-state index in [9.17, 15) is 0 Å². The molecule has 6 heteroatoms. The molecule has 0 heterocycles. The second kappa shape index (κ2) is 34.3. The Kier molecular flexibility index (Phi) is 49.4. The van der Waals surface area contributed by atoms with Crippen molar-refractivity contribution in [1.29, 1.82) is 0 Å². The van der Waals surface area contributed by atoms with Crippen molar-refractivity contribution < 1.29 is 196 Å². The Hall–Kier alpha value is 3.11. The second-order valence-corrected chi connectivity index (χ2v) is 6.23. The maximum absolute atomic E-state index is 3.59. The Balaban J connectivity index is -0.0000000865. The molecule has 0 aromatic heterocycles. The topological polar surface area (TPSA) is 0 Å². The molecule has 3 aromatic rings. The van der Waals surface area contributed by atoms with Gasteiger partial charge in [-0.2, -0.15) is 80.1 Å². The van der Waals surface area contributed by atoms with Gasteiger partial charge in [0.2, 0.25) is 0 Å². The molecule has 6 radical (unpaired) electrons. The van der Waals surface area contributed by atoms with E-state index in [1.165, 1.54) is 16.7 Å². The summed E-state index contributed by atoms with van der Waals surface area (Å²) in [6.45, 7) is 16.8. The predicted molar refractivity (Wildman–Crippen MR) is 130 cm³/mol. The molecule has 0 fully saturated rings. The second-order valence-electron chi connectivity index (χ2n) is 6.23. The van der Waals surface area contributed by atoms with Crippen LogP contribution in [-0.4, -0.2) is 0 Å². The Labute approximate surface area is 372 Å². The molecule has 0 bridgehead atoms. The monoisotopic (exact) mass is 924 g/mol. The van der Waals surface area contributed by atoms with Gasteiger partial charge in [0.1, 0.15) is 0 Å². The van der Waals surface area contributed by atoms with Gasteiger partial charge in [-0.05, 0) is 0 Å². The molecule has 0 saturated heterocycles. The van der Waals surface area contributed by atoms with Gasteiger partial charge >= 0.3 is 0 Å². The smallest absolute Gasteiger partial charge is 0 e. The molecule has 0 atom stereocenters. The van der Waals surface area contributed by atoms with Crippen molar-refractivity contribution in [2.24, 2.45) is 0 Å². The standard InChI is InChI=1S/3C10H10.6Y/c1-3-9-5-7-10(4-2)8-6-9;1-3-9-6-5-7-10(4-2)8-9;1-3-9-7-5-6-8-10(9)4-2;;;;;;/h3*4-8H,1H2,2H3;;;;;;/q3*-2;;;;;;. The summed E-state index contributed by atoms with van der Waals surface area (Å²) in [6, 6.07) is 24.2. The maximum atomic E-state index is 3.59. The minimum absolute atomic E-state index is 0. The van der Waals surface area contributed by atoms with Crippen molar-refractivity contribution in [3.8, 4) is 0 Å². The molecule has 0 spiro atoms. The van der Waals surface area contributed by atoms with E-state index in [0.717, 1.165) is 16.7 Å². The molecule has 0 aliphatic rings. The summed E-state index contributed by atoms with van der Waals surface area (Å²) in [5.74, 6) is 0. The van der Waals surface area contributed by atoms with Crippen molar-refractivity contribution in [1.82, 2.24) is 0 Å². The van der Waals surface area contributed by atoms with Crippen LogP contribution in [0.2, 0.25) is 0 Å². The number of rotatable bonds is 6. The van der Waals surface area contributed by atoms with Crippen LogP contribution in [0, 0.1) is 37.5 Å². The van der Waals surface area contributed by atoms with Crippen LogP contribution < -0.4 is 0 Å². The number of benzene rings is 3. The zero-order valence-electron chi connectivity index (χ0n) is 21.7. The summed E-state index contributed by atoms with van der Waals surface area (Å²) < 4.78 is 0. The van der Waals surface area contributed by atoms with Crippen LogP contribution in [-0.2, 0) is 196 Å². The summed E-state index contributed by atoms with van der Waals surface area (Å²) >= 11 is 0. The average Bonchev–Trinajstić information content (AvgIpc) is 2.84. The third kappa shape index (κ3) is 22.8. The van der Waals surface area contributed by atoms with Gasteiger partial charge < -0.3 is 0 Å². The van der Waals surface area contributed by atoms with Gasteiger partial charge in [-0.25, -0.2) is 53.9 Å². The summed E-state index contributed by atoms with van der Waals surface area (Å²) in [5.41, 5.74) is 6.82. The molecule has 0 saturated carbocycles. The first-order valence-electron chi connectivity index (χ1n) is 9.88. The first kappa shape index (κ1) is 51.8. The predicted octanol–water partition coefficient (Wildman–Crippen LogP) is 7.77. The van der Waals surface area contributed by atoms with Gasteiger partial charge in [0.25, 0.3) is 0 Å². The van der Waals surface area contributed by atoms with E-state index in [2.05, 4.69) is 56.9 Å². The summed E-state index contributed by atoms with van der Waals surface area (Å²) in [4.78, 5) is 0. The molecule has 0 nitrogen and oxygen atoms in total. The fraction of sp³-hybridized carbons (Fsp3) is 0.100. The molecule has 3 aromatic carbocycles. The quantitative estimate of drug-likeness (QED) is 0.222. The SMILES string of the molecule is C=[C-]c1ccc([CH-]C)cc1.C=[C-]c1cccc([CH-]C)c1.C=[C-]c1ccccc1[CH-]C.[Y].[Y].[Y].[Y].[Y].[Y]. The molecule has 3 rings (SSSR count). The molecule has 0 unspecified atom stereocenters. The van der Waals surface area contributed by atoms with Crippen molar-refractivity contribution in [2.45, 2.75) is 20.8 Å². The molecular weight excluding hydrogens is 894 g/mol. The largest absolute Gasteiger partial charge is 0.298 e. The van der Waals surface area contributed by atoms with Gasteiger partial charge in [-0.3, -0.25) is 17.2 Å². The maximum Gasteiger partial charge on any atom is 0 e. The van der Waals surface area contributed by atoms with Gasteiger partial charge in [0.05, 0.1) is 0 Å². The van der Waals surface area contributed by atoms with E-state index >= 15 is 0 Å². The van der Waals surface area contributed by atoms with E-state index in [0.29, 0.717) is 0 Å². The molecule has 36 heavy (non-hydrogen) atoms. The van der Waals surface area contributed by atoms with Crippen LogP contribution in [0.25, 0.3) is 0 Å². The fourth-order valence-corrected chi connectivity index (χ4v) is 2.53. The summed E-state index contributed by atoms with van der Waals surface area (Å²) in [6.07, 6.45) is 14.7. The minimum Gasteiger partial charge on any atom is -0.298 e. The molecular formula is C30H30Y6-6. The van der Waals surface area contributed by atoms with Crippen molar-refractivity contribution in [2.75, 3.05) is 0 Å². The first-order chi connectivity index (χ1) is 14.6. The van der Waals surface area contributed by atoms with E-state index in [1.807, 2.05) is 93.9 Å². The van der Waals surface area contributed by atoms with E-state index in [-0.39, 0.29) is 196 Å². The van der Waals surface area contributed by atoms with Gasteiger partial charge in [0, 0.05) is 196 Å². The molecule has 0 aliphatic carbocycles. The van der Waals surface area contributed by atoms with Crippen molar-refractivity contribution >= 4 is 0 Å². The van der Waals surface area contributed by atoms with Crippen molar-refractivity contribution in [3.63, 3.8) is 0 Å². The third-order valence-electron chi connectivity index (χ3n) is 4.33. The fourth-order valence-electron chi connectivity index (χ4n) is 2.53. The van der Waals surface area contributed by atoms with Crippen molar-refractivity contribution in [3.05, 3.63) is 163 Å². The third-order valence-corrected chi connectivity index (χ3v) is 4.33. The zero-order chi connectivity index (χ0) is 22.2. The minimum atomic E-state index is 0. The Morgan fingerprint density at radius 2 is 1.03 bits per heavy atom. The zero-order valence-corrected chi connectivity index (χ0v) is 38.8. The van der Waals surface area contributed by atoms with Crippen LogP contribution in [0.4, 0.5) is 0 Å². The summed E-state index contributed by atoms with van der Waals surface area (Å²) in [7, 11) is 0. The van der Waals surface area contributed by atoms with Crippen LogP contribution in [0.15, 0.2) is 92.5 Å². The Bertz CT molecular complexity index is 921. The Morgan fingerprint density at radius 1 is 0.500 bits per heavy atom. The Morgan fingerprint density at radius 3 is 1.44 bits per heavy atom. The summed E-state index contributed by atoms with van der Waals surface area (Å²) in [5, 5.41) is 0. The average molecular weight is 924 g/mol. The number of hydrogen-bond donors (Lipinski definition) is 0. The molecule has 0 aliphatic heterocycles.